The maximum Gasteiger partial charge on any atom is 0.0544 e. The van der Waals surface area contributed by atoms with Crippen molar-refractivity contribution in [3.05, 3.63) is 137 Å². The first kappa shape index (κ1) is 22.8. The van der Waals surface area contributed by atoms with Crippen LogP contribution in [0.5, 0.6) is 0 Å². The standard InChI is InChI=1S/C38H33N/c1-3-12-26(13-4-1)27-14-11-15-28(24-27)34-25-29-22-23-36-38(37(29)32-19-8-7-18-31(32)34)33-20-9-10-21-35(33)39(36)30-16-5-2-6-17-30/h1-6,8-9,11-14,16-17,19-20,22-23,25,27-28H,7,10,15,18,21,24H2/t27?,28-/m1/s1. The number of allylic oxidation sites excluding steroid dienone is 4. The summed E-state index contributed by atoms with van der Waals surface area (Å²) in [6.45, 7) is 0. The summed E-state index contributed by atoms with van der Waals surface area (Å²) >= 11 is 0. The summed E-state index contributed by atoms with van der Waals surface area (Å²) in [4.78, 5) is 0. The molecule has 8 rings (SSSR count). The lowest BCUT2D eigenvalue weighted by Crippen LogP contribution is -2.13. The van der Waals surface area contributed by atoms with E-state index in [0.717, 1.165) is 32.1 Å². The Labute approximate surface area is 230 Å². The molecular formula is C38H33N. The molecule has 1 unspecified atom stereocenters. The minimum atomic E-state index is 0.495. The molecule has 1 heteroatoms. The van der Waals surface area contributed by atoms with Gasteiger partial charge >= 0.3 is 0 Å². The molecule has 190 valence electrons. The van der Waals surface area contributed by atoms with Crippen LogP contribution in [-0.4, -0.2) is 4.57 Å². The number of benzene rings is 4. The Balaban J connectivity index is 1.35. The van der Waals surface area contributed by atoms with E-state index in [1.54, 1.807) is 11.1 Å². The van der Waals surface area contributed by atoms with E-state index in [1.165, 1.54) is 56.2 Å². The predicted octanol–water partition coefficient (Wildman–Crippen LogP) is 9.92. The van der Waals surface area contributed by atoms with Crippen LogP contribution in [0.25, 0.3) is 39.5 Å². The lowest BCUT2D eigenvalue weighted by Gasteiger charge is -2.29. The van der Waals surface area contributed by atoms with Gasteiger partial charge in [-0.15, -0.1) is 0 Å². The second kappa shape index (κ2) is 9.27. The molecule has 4 aromatic carbocycles. The molecule has 1 nitrogen and oxygen atoms in total. The van der Waals surface area contributed by atoms with Gasteiger partial charge < -0.3 is 4.57 Å². The lowest BCUT2D eigenvalue weighted by molar-refractivity contribution is 0.562. The van der Waals surface area contributed by atoms with Crippen LogP contribution in [0.2, 0.25) is 0 Å². The zero-order valence-corrected chi connectivity index (χ0v) is 22.3. The fourth-order valence-corrected chi connectivity index (χ4v) is 7.51. The normalized spacial score (nSPS) is 19.9. The van der Waals surface area contributed by atoms with Crippen molar-refractivity contribution in [3.8, 4) is 5.69 Å². The molecule has 0 N–H and O–H groups in total. The average molecular weight is 504 g/mol. The minimum Gasteiger partial charge on any atom is -0.313 e. The van der Waals surface area contributed by atoms with E-state index in [2.05, 4.69) is 120 Å². The highest BCUT2D eigenvalue weighted by Crippen LogP contribution is 2.46. The topological polar surface area (TPSA) is 4.93 Å². The van der Waals surface area contributed by atoms with Gasteiger partial charge in [0.1, 0.15) is 0 Å². The molecule has 0 fully saturated rings. The third-order valence-corrected chi connectivity index (χ3v) is 9.25. The van der Waals surface area contributed by atoms with E-state index < -0.39 is 0 Å². The molecule has 0 aliphatic heterocycles. The summed E-state index contributed by atoms with van der Waals surface area (Å²) in [5.74, 6) is 1.05. The van der Waals surface area contributed by atoms with Crippen molar-refractivity contribution in [3.63, 3.8) is 0 Å². The Kier molecular flexibility index (Phi) is 5.43. The lowest BCUT2D eigenvalue weighted by atomic mass is 9.75. The second-order valence-corrected chi connectivity index (χ2v) is 11.4. The quantitative estimate of drug-likeness (QED) is 0.216. The summed E-state index contributed by atoms with van der Waals surface area (Å²) in [7, 11) is 0. The van der Waals surface area contributed by atoms with Gasteiger partial charge in [0.15, 0.2) is 0 Å². The number of para-hydroxylation sites is 1. The summed E-state index contributed by atoms with van der Waals surface area (Å²) in [5.41, 5.74) is 11.6. The zero-order valence-electron chi connectivity index (χ0n) is 22.3. The van der Waals surface area contributed by atoms with Crippen molar-refractivity contribution < 1.29 is 0 Å². The maximum atomic E-state index is 2.57. The molecular weight excluding hydrogens is 470 g/mol. The number of aromatic nitrogens is 1. The maximum absolute atomic E-state index is 2.57. The fraction of sp³-hybridized carbons (Fsp3) is 0.211. The van der Waals surface area contributed by atoms with Crippen LogP contribution in [0.1, 0.15) is 71.0 Å². The molecule has 1 heterocycles. The van der Waals surface area contributed by atoms with E-state index in [4.69, 9.17) is 0 Å². The first-order valence-electron chi connectivity index (χ1n) is 14.6. The van der Waals surface area contributed by atoms with E-state index in [1.807, 2.05) is 0 Å². The molecule has 0 saturated carbocycles. The molecule has 39 heavy (non-hydrogen) atoms. The summed E-state index contributed by atoms with van der Waals surface area (Å²) < 4.78 is 2.52. The van der Waals surface area contributed by atoms with E-state index in [0.29, 0.717) is 11.8 Å². The van der Waals surface area contributed by atoms with Gasteiger partial charge in [-0.05, 0) is 95.7 Å². The molecule has 2 atom stereocenters. The Bertz CT molecular complexity index is 1800. The monoisotopic (exact) mass is 503 g/mol. The van der Waals surface area contributed by atoms with Crippen molar-refractivity contribution in [2.24, 2.45) is 0 Å². The molecule has 0 bridgehead atoms. The van der Waals surface area contributed by atoms with Gasteiger partial charge in [0.2, 0.25) is 0 Å². The SMILES string of the molecule is C1=Cc2c(c([C@@H]3CC=CC(c4ccccc4)C3)cc3ccc4c(c5c(n4-c4ccccc4)CCC=C5)c23)CC1. The van der Waals surface area contributed by atoms with Crippen LogP contribution in [0.4, 0.5) is 0 Å². The van der Waals surface area contributed by atoms with Crippen LogP contribution in [0.15, 0.2) is 103 Å². The van der Waals surface area contributed by atoms with Crippen LogP contribution in [0, 0.1) is 0 Å². The Morgan fingerprint density at radius 1 is 0.692 bits per heavy atom. The molecule has 1 aromatic heterocycles. The van der Waals surface area contributed by atoms with Gasteiger partial charge in [-0.25, -0.2) is 0 Å². The number of hydrogen-bond acceptors (Lipinski definition) is 0. The first-order chi connectivity index (χ1) is 19.4. The van der Waals surface area contributed by atoms with Crippen molar-refractivity contribution in [2.75, 3.05) is 0 Å². The van der Waals surface area contributed by atoms with E-state index in [9.17, 15) is 0 Å². The van der Waals surface area contributed by atoms with Crippen molar-refractivity contribution >= 4 is 33.8 Å². The van der Waals surface area contributed by atoms with Crippen LogP contribution in [0.3, 0.4) is 0 Å². The highest BCUT2D eigenvalue weighted by atomic mass is 15.0. The summed E-state index contributed by atoms with van der Waals surface area (Å²) in [6, 6.07) is 29.3. The smallest absolute Gasteiger partial charge is 0.0544 e. The molecule has 0 amide bonds. The van der Waals surface area contributed by atoms with E-state index in [-0.39, 0.29) is 0 Å². The fourth-order valence-electron chi connectivity index (χ4n) is 7.51. The molecule has 0 radical (unpaired) electrons. The molecule has 3 aliphatic rings. The van der Waals surface area contributed by atoms with Gasteiger partial charge in [-0.2, -0.15) is 0 Å². The first-order valence-corrected chi connectivity index (χ1v) is 14.6. The highest BCUT2D eigenvalue weighted by molar-refractivity contribution is 6.16. The molecule has 0 spiro atoms. The second-order valence-electron chi connectivity index (χ2n) is 11.4. The van der Waals surface area contributed by atoms with Crippen molar-refractivity contribution in [2.45, 2.75) is 50.4 Å². The average Bonchev–Trinajstić information content (AvgIpc) is 3.36. The molecule has 0 saturated heterocycles. The van der Waals surface area contributed by atoms with Gasteiger partial charge in [0.05, 0.1) is 5.52 Å². The van der Waals surface area contributed by atoms with Gasteiger partial charge in [-0.3, -0.25) is 0 Å². The van der Waals surface area contributed by atoms with Crippen LogP contribution in [-0.2, 0) is 12.8 Å². The number of nitrogens with zero attached hydrogens (tertiary/aromatic N) is 1. The number of rotatable bonds is 3. The third kappa shape index (κ3) is 3.67. The largest absolute Gasteiger partial charge is 0.313 e. The van der Waals surface area contributed by atoms with Gasteiger partial charge in [0, 0.05) is 28.2 Å². The van der Waals surface area contributed by atoms with Crippen LogP contribution < -0.4 is 0 Å². The summed E-state index contributed by atoms with van der Waals surface area (Å²) in [5, 5.41) is 4.27. The number of hydrogen-bond donors (Lipinski definition) is 0. The van der Waals surface area contributed by atoms with Gasteiger partial charge in [-0.1, -0.05) is 97.1 Å². The van der Waals surface area contributed by atoms with Gasteiger partial charge in [0.25, 0.3) is 0 Å². The van der Waals surface area contributed by atoms with E-state index >= 15 is 0 Å². The van der Waals surface area contributed by atoms with Crippen molar-refractivity contribution in [1.82, 2.24) is 4.57 Å². The molecule has 3 aliphatic carbocycles. The Hall–Kier alpha value is -4.10. The zero-order chi connectivity index (χ0) is 25.8. The minimum absolute atomic E-state index is 0.495. The summed E-state index contributed by atoms with van der Waals surface area (Å²) in [6.07, 6.45) is 21.3. The highest BCUT2D eigenvalue weighted by Gasteiger charge is 2.27. The predicted molar refractivity (Wildman–Crippen MR) is 166 cm³/mol. The molecule has 5 aromatic rings. The van der Waals surface area contributed by atoms with Crippen LogP contribution >= 0.6 is 0 Å². The Morgan fingerprint density at radius 3 is 2.31 bits per heavy atom. The third-order valence-electron chi connectivity index (χ3n) is 9.25. The Morgan fingerprint density at radius 2 is 1.46 bits per heavy atom. The number of fused-ring (bicyclic) bond motifs is 7. The van der Waals surface area contributed by atoms with Crippen molar-refractivity contribution in [1.29, 1.82) is 0 Å².